The Bertz CT molecular complexity index is 412. The molecule has 0 spiro atoms. The number of methoxy groups -OCH3 is 1. The molecule has 1 aromatic rings. The first-order chi connectivity index (χ1) is 9.85. The molecule has 0 aliphatic carbocycles. The largest absolute Gasteiger partial charge is 0.497 e. The Kier molecular flexibility index (Phi) is 4.58. The quantitative estimate of drug-likeness (QED) is 0.913. The summed E-state index contributed by atoms with van der Waals surface area (Å²) < 4.78 is 5.22. The van der Waals surface area contributed by atoms with E-state index in [2.05, 4.69) is 34.5 Å². The maximum Gasteiger partial charge on any atom is 0.118 e. The van der Waals surface area contributed by atoms with Crippen molar-refractivity contribution in [3.8, 4) is 5.75 Å². The molecule has 2 aliphatic rings. The number of nitrogens with zero attached hydrogens (tertiary/aromatic N) is 1. The lowest BCUT2D eigenvalue weighted by molar-refractivity contribution is 0.145. The minimum Gasteiger partial charge on any atom is -0.497 e. The lowest BCUT2D eigenvalue weighted by Crippen LogP contribution is -2.43. The Morgan fingerprint density at radius 1 is 1.20 bits per heavy atom. The zero-order chi connectivity index (χ0) is 13.8. The Morgan fingerprint density at radius 2 is 2.05 bits per heavy atom. The van der Waals surface area contributed by atoms with Crippen LogP contribution < -0.4 is 10.1 Å². The summed E-state index contributed by atoms with van der Waals surface area (Å²) in [6.45, 7) is 4.80. The highest BCUT2D eigenvalue weighted by molar-refractivity contribution is 5.27. The molecule has 0 radical (unpaired) electrons. The van der Waals surface area contributed by atoms with Crippen molar-refractivity contribution in [2.45, 2.75) is 38.3 Å². The first kappa shape index (κ1) is 13.9. The molecule has 1 N–H and O–H groups in total. The number of hydrogen-bond donors (Lipinski definition) is 1. The molecule has 0 amide bonds. The molecule has 1 aromatic carbocycles. The van der Waals surface area contributed by atoms with E-state index < -0.39 is 0 Å². The highest BCUT2D eigenvalue weighted by atomic mass is 16.5. The van der Waals surface area contributed by atoms with Crippen LogP contribution in [0.1, 0.15) is 31.2 Å². The minimum atomic E-state index is 0.772. The lowest BCUT2D eigenvalue weighted by Gasteiger charge is -2.35. The second-order valence-corrected chi connectivity index (χ2v) is 6.19. The van der Waals surface area contributed by atoms with Crippen LogP contribution in [0, 0.1) is 5.92 Å². The van der Waals surface area contributed by atoms with Gasteiger partial charge >= 0.3 is 0 Å². The van der Waals surface area contributed by atoms with Crippen molar-refractivity contribution >= 4 is 0 Å². The summed E-state index contributed by atoms with van der Waals surface area (Å²) in [6.07, 6.45) is 5.48. The van der Waals surface area contributed by atoms with Gasteiger partial charge < -0.3 is 10.1 Å². The van der Waals surface area contributed by atoms with Crippen molar-refractivity contribution in [2.75, 3.05) is 26.7 Å². The standard InChI is InChI=1S/C17H26N2O/c1-20-16-8-6-14(7-9-16)12-19-11-3-4-15(13-19)17-5-2-10-18-17/h6-9,15,17-18H,2-5,10-13H2,1H3. The average Bonchev–Trinajstić information content (AvgIpc) is 3.03. The van der Waals surface area contributed by atoms with Gasteiger partial charge in [0, 0.05) is 19.1 Å². The highest BCUT2D eigenvalue weighted by Gasteiger charge is 2.28. The molecule has 0 bridgehead atoms. The van der Waals surface area contributed by atoms with Gasteiger partial charge in [0.05, 0.1) is 7.11 Å². The molecule has 2 atom stereocenters. The van der Waals surface area contributed by atoms with Gasteiger partial charge in [-0.25, -0.2) is 0 Å². The highest BCUT2D eigenvalue weighted by Crippen LogP contribution is 2.25. The van der Waals surface area contributed by atoms with E-state index in [-0.39, 0.29) is 0 Å². The first-order valence-electron chi connectivity index (χ1n) is 7.94. The Labute approximate surface area is 122 Å². The summed E-state index contributed by atoms with van der Waals surface area (Å²) >= 11 is 0. The summed E-state index contributed by atoms with van der Waals surface area (Å²) in [5, 5.41) is 3.68. The van der Waals surface area contributed by atoms with E-state index in [0.717, 1.165) is 24.3 Å². The van der Waals surface area contributed by atoms with E-state index >= 15 is 0 Å². The van der Waals surface area contributed by atoms with Gasteiger partial charge in [0.25, 0.3) is 0 Å². The summed E-state index contributed by atoms with van der Waals surface area (Å²) in [5.74, 6) is 1.80. The third kappa shape index (κ3) is 3.33. The summed E-state index contributed by atoms with van der Waals surface area (Å²) in [5.41, 5.74) is 1.39. The average molecular weight is 274 g/mol. The normalized spacial score (nSPS) is 27.6. The molecule has 3 rings (SSSR count). The molecular formula is C17H26N2O. The summed E-state index contributed by atoms with van der Waals surface area (Å²) in [7, 11) is 1.72. The van der Waals surface area contributed by atoms with Crippen LogP contribution in [0.2, 0.25) is 0 Å². The number of rotatable bonds is 4. The van der Waals surface area contributed by atoms with Crippen molar-refractivity contribution in [2.24, 2.45) is 5.92 Å². The number of benzene rings is 1. The summed E-state index contributed by atoms with van der Waals surface area (Å²) in [4.78, 5) is 2.62. The van der Waals surface area contributed by atoms with Gasteiger partial charge in [0.1, 0.15) is 5.75 Å². The van der Waals surface area contributed by atoms with Crippen LogP contribution in [0.4, 0.5) is 0 Å². The number of likely N-dealkylation sites (tertiary alicyclic amines) is 1. The third-order valence-electron chi connectivity index (χ3n) is 4.77. The van der Waals surface area contributed by atoms with E-state index in [9.17, 15) is 0 Å². The smallest absolute Gasteiger partial charge is 0.118 e. The van der Waals surface area contributed by atoms with Crippen molar-refractivity contribution in [3.63, 3.8) is 0 Å². The van der Waals surface area contributed by atoms with Crippen LogP contribution in [-0.2, 0) is 6.54 Å². The molecule has 2 fully saturated rings. The van der Waals surface area contributed by atoms with Crippen molar-refractivity contribution in [1.29, 1.82) is 0 Å². The van der Waals surface area contributed by atoms with Crippen LogP contribution in [-0.4, -0.2) is 37.7 Å². The fourth-order valence-corrected chi connectivity index (χ4v) is 3.67. The van der Waals surface area contributed by atoms with Gasteiger partial charge in [-0.15, -0.1) is 0 Å². The molecule has 110 valence electrons. The van der Waals surface area contributed by atoms with Gasteiger partial charge in [0.15, 0.2) is 0 Å². The number of ether oxygens (including phenoxy) is 1. The van der Waals surface area contributed by atoms with Crippen LogP contribution >= 0.6 is 0 Å². The molecule has 3 heteroatoms. The van der Waals surface area contributed by atoms with Gasteiger partial charge in [-0.3, -0.25) is 4.90 Å². The van der Waals surface area contributed by atoms with E-state index in [1.807, 2.05) is 0 Å². The van der Waals surface area contributed by atoms with Crippen LogP contribution in [0.3, 0.4) is 0 Å². The molecule has 2 unspecified atom stereocenters. The molecular weight excluding hydrogens is 248 g/mol. The predicted octanol–water partition coefficient (Wildman–Crippen LogP) is 2.66. The lowest BCUT2D eigenvalue weighted by atomic mass is 9.89. The SMILES string of the molecule is COc1ccc(CN2CCCC(C3CCCN3)C2)cc1. The first-order valence-corrected chi connectivity index (χ1v) is 7.94. The molecule has 3 nitrogen and oxygen atoms in total. The molecule has 0 aromatic heterocycles. The predicted molar refractivity (Wildman–Crippen MR) is 82.0 cm³/mol. The third-order valence-corrected chi connectivity index (χ3v) is 4.77. The van der Waals surface area contributed by atoms with E-state index in [4.69, 9.17) is 4.74 Å². The maximum atomic E-state index is 5.22. The molecule has 2 aliphatic heterocycles. The number of nitrogens with one attached hydrogen (secondary N) is 1. The van der Waals surface area contributed by atoms with Gasteiger partial charge in [-0.05, 0) is 62.4 Å². The maximum absolute atomic E-state index is 5.22. The fraction of sp³-hybridized carbons (Fsp3) is 0.647. The van der Waals surface area contributed by atoms with Crippen LogP contribution in [0.5, 0.6) is 5.75 Å². The number of piperidine rings is 1. The Balaban J connectivity index is 1.56. The molecule has 2 heterocycles. The van der Waals surface area contributed by atoms with E-state index in [1.54, 1.807) is 7.11 Å². The monoisotopic (exact) mass is 274 g/mol. The topological polar surface area (TPSA) is 24.5 Å². The van der Waals surface area contributed by atoms with Gasteiger partial charge in [-0.2, -0.15) is 0 Å². The zero-order valence-corrected chi connectivity index (χ0v) is 12.5. The molecule has 2 saturated heterocycles. The van der Waals surface area contributed by atoms with Crippen LogP contribution in [0.15, 0.2) is 24.3 Å². The van der Waals surface area contributed by atoms with Crippen molar-refractivity contribution < 1.29 is 4.74 Å². The van der Waals surface area contributed by atoms with Crippen molar-refractivity contribution in [3.05, 3.63) is 29.8 Å². The fourth-order valence-electron chi connectivity index (χ4n) is 3.67. The van der Waals surface area contributed by atoms with Crippen molar-refractivity contribution in [1.82, 2.24) is 10.2 Å². The molecule has 20 heavy (non-hydrogen) atoms. The zero-order valence-electron chi connectivity index (χ0n) is 12.5. The molecule has 0 saturated carbocycles. The Morgan fingerprint density at radius 3 is 2.75 bits per heavy atom. The Hall–Kier alpha value is -1.06. The van der Waals surface area contributed by atoms with Crippen LogP contribution in [0.25, 0.3) is 0 Å². The summed E-state index contributed by atoms with van der Waals surface area (Å²) in [6, 6.07) is 9.28. The van der Waals surface area contributed by atoms with Gasteiger partial charge in [-0.1, -0.05) is 12.1 Å². The van der Waals surface area contributed by atoms with Gasteiger partial charge in [0.2, 0.25) is 0 Å². The van der Waals surface area contributed by atoms with E-state index in [1.165, 1.54) is 50.9 Å². The second-order valence-electron chi connectivity index (χ2n) is 6.19. The second kappa shape index (κ2) is 6.59. The van der Waals surface area contributed by atoms with E-state index in [0.29, 0.717) is 0 Å². The number of hydrogen-bond acceptors (Lipinski definition) is 3. The minimum absolute atomic E-state index is 0.772.